The summed E-state index contributed by atoms with van der Waals surface area (Å²) in [6.45, 7) is 1.63. The molecular weight excluding hydrogens is 324 g/mol. The van der Waals surface area contributed by atoms with Crippen LogP contribution in [0.1, 0.15) is 6.42 Å². The highest BCUT2D eigenvalue weighted by atomic mass is 16.5. The molecule has 5 heteroatoms. The Hall–Kier alpha value is -2.92. The van der Waals surface area contributed by atoms with E-state index in [1.807, 2.05) is 47.0 Å². The second-order valence-electron chi connectivity index (χ2n) is 6.61. The molecule has 0 atom stereocenters. The Bertz CT molecular complexity index is 1020. The first-order valence-corrected chi connectivity index (χ1v) is 8.84. The van der Waals surface area contributed by atoms with Crippen LogP contribution in [0.5, 0.6) is 5.88 Å². The molecule has 4 aromatic rings. The predicted molar refractivity (Wildman–Crippen MR) is 105 cm³/mol. The molecule has 26 heavy (non-hydrogen) atoms. The van der Waals surface area contributed by atoms with E-state index in [0.717, 1.165) is 40.8 Å². The molecule has 0 aliphatic rings. The molecule has 0 saturated carbocycles. The van der Waals surface area contributed by atoms with E-state index in [0.29, 0.717) is 12.5 Å². The Balaban J connectivity index is 1.75. The van der Waals surface area contributed by atoms with Crippen LogP contribution in [0.3, 0.4) is 0 Å². The van der Waals surface area contributed by atoms with Gasteiger partial charge in [0.25, 0.3) is 0 Å². The second kappa shape index (κ2) is 7.14. The first kappa shape index (κ1) is 16.5. The van der Waals surface area contributed by atoms with Gasteiger partial charge >= 0.3 is 0 Å². The van der Waals surface area contributed by atoms with E-state index in [1.54, 1.807) is 0 Å². The summed E-state index contributed by atoms with van der Waals surface area (Å²) in [6, 6.07) is 20.3. The fourth-order valence-electron chi connectivity index (χ4n) is 3.04. The molecule has 132 valence electrons. The summed E-state index contributed by atoms with van der Waals surface area (Å²) < 4.78 is 7.91. The fraction of sp³-hybridized carbons (Fsp3) is 0.238. The van der Waals surface area contributed by atoms with Crippen LogP contribution in [0.4, 0.5) is 0 Å². The Morgan fingerprint density at radius 2 is 1.77 bits per heavy atom. The van der Waals surface area contributed by atoms with Crippen molar-refractivity contribution in [2.24, 2.45) is 0 Å². The molecule has 0 amide bonds. The first-order chi connectivity index (χ1) is 12.7. The van der Waals surface area contributed by atoms with E-state index in [4.69, 9.17) is 14.8 Å². The van der Waals surface area contributed by atoms with Gasteiger partial charge in [-0.1, -0.05) is 42.5 Å². The second-order valence-corrected chi connectivity index (χ2v) is 6.61. The summed E-state index contributed by atoms with van der Waals surface area (Å²) in [6.07, 6.45) is 0.961. The zero-order valence-corrected chi connectivity index (χ0v) is 15.1. The van der Waals surface area contributed by atoms with Crippen LogP contribution in [0.2, 0.25) is 0 Å². The maximum Gasteiger partial charge on any atom is 0.225 e. The maximum absolute atomic E-state index is 6.01. The SMILES string of the molecule is CN(C)CCCOc1nc2cc(-c3ccccc3)nn2c2ccccc12. The number of hydrogen-bond acceptors (Lipinski definition) is 4. The van der Waals surface area contributed by atoms with Crippen molar-refractivity contribution in [3.05, 3.63) is 60.7 Å². The number of nitrogens with zero attached hydrogens (tertiary/aromatic N) is 4. The average molecular weight is 346 g/mol. The van der Waals surface area contributed by atoms with Gasteiger partial charge in [0.2, 0.25) is 5.88 Å². The molecule has 0 aliphatic heterocycles. The minimum absolute atomic E-state index is 0.644. The Kier molecular flexibility index (Phi) is 4.54. The van der Waals surface area contributed by atoms with Crippen LogP contribution >= 0.6 is 0 Å². The molecule has 0 N–H and O–H groups in total. The Morgan fingerprint density at radius 3 is 2.58 bits per heavy atom. The van der Waals surface area contributed by atoms with Gasteiger partial charge in [-0.25, -0.2) is 4.52 Å². The molecule has 2 heterocycles. The molecule has 0 saturated heterocycles. The molecule has 0 radical (unpaired) electrons. The van der Waals surface area contributed by atoms with Gasteiger partial charge < -0.3 is 9.64 Å². The molecule has 0 fully saturated rings. The summed E-state index contributed by atoms with van der Waals surface area (Å²) in [5.74, 6) is 0.673. The minimum Gasteiger partial charge on any atom is -0.477 e. The van der Waals surface area contributed by atoms with Crippen LogP contribution in [-0.2, 0) is 0 Å². The number of aromatic nitrogens is 3. The standard InChI is InChI=1S/C21H22N4O/c1-24(2)13-8-14-26-21-17-11-6-7-12-19(17)25-20(22-21)15-18(23-25)16-9-4-3-5-10-16/h3-7,9-12,15H,8,13-14H2,1-2H3. The number of para-hydroxylation sites is 1. The van der Waals surface area contributed by atoms with Crippen molar-refractivity contribution in [1.82, 2.24) is 19.5 Å². The van der Waals surface area contributed by atoms with Crippen LogP contribution < -0.4 is 4.74 Å². The number of benzene rings is 2. The van der Waals surface area contributed by atoms with Crippen LogP contribution in [0.15, 0.2) is 60.7 Å². The Labute approximate surface area is 152 Å². The van der Waals surface area contributed by atoms with Gasteiger partial charge in [-0.2, -0.15) is 10.1 Å². The summed E-state index contributed by atoms with van der Waals surface area (Å²) in [5.41, 5.74) is 3.79. The van der Waals surface area contributed by atoms with E-state index < -0.39 is 0 Å². The number of fused-ring (bicyclic) bond motifs is 3. The van der Waals surface area contributed by atoms with E-state index in [9.17, 15) is 0 Å². The molecule has 4 rings (SSSR count). The highest BCUT2D eigenvalue weighted by Gasteiger charge is 2.12. The smallest absolute Gasteiger partial charge is 0.225 e. The lowest BCUT2D eigenvalue weighted by Crippen LogP contribution is -2.15. The van der Waals surface area contributed by atoms with Crippen molar-refractivity contribution >= 4 is 16.6 Å². The molecule has 0 unspecified atom stereocenters. The van der Waals surface area contributed by atoms with Crippen LogP contribution in [-0.4, -0.2) is 46.7 Å². The van der Waals surface area contributed by atoms with E-state index in [2.05, 4.69) is 37.2 Å². The normalized spacial score (nSPS) is 11.5. The fourth-order valence-corrected chi connectivity index (χ4v) is 3.04. The lowest BCUT2D eigenvalue weighted by atomic mass is 10.2. The molecular formula is C21H22N4O. The quantitative estimate of drug-likeness (QED) is 0.497. The molecule has 2 aromatic carbocycles. The number of ether oxygens (including phenoxy) is 1. The van der Waals surface area contributed by atoms with Gasteiger partial charge in [-0.15, -0.1) is 0 Å². The van der Waals surface area contributed by atoms with Gasteiger partial charge in [0.15, 0.2) is 5.65 Å². The highest BCUT2D eigenvalue weighted by molar-refractivity contribution is 5.86. The van der Waals surface area contributed by atoms with Crippen molar-refractivity contribution in [3.63, 3.8) is 0 Å². The van der Waals surface area contributed by atoms with Crippen LogP contribution in [0.25, 0.3) is 27.8 Å². The van der Waals surface area contributed by atoms with E-state index in [-0.39, 0.29) is 0 Å². The topological polar surface area (TPSA) is 42.7 Å². The largest absolute Gasteiger partial charge is 0.477 e. The Morgan fingerprint density at radius 1 is 1.00 bits per heavy atom. The molecule has 5 nitrogen and oxygen atoms in total. The van der Waals surface area contributed by atoms with Gasteiger partial charge in [0.05, 0.1) is 23.2 Å². The van der Waals surface area contributed by atoms with Gasteiger partial charge in [0.1, 0.15) is 0 Å². The third kappa shape index (κ3) is 3.26. The summed E-state index contributed by atoms with van der Waals surface area (Å²) in [5, 5.41) is 5.74. The predicted octanol–water partition coefficient (Wildman–Crippen LogP) is 3.88. The third-order valence-corrected chi connectivity index (χ3v) is 4.33. The number of rotatable bonds is 6. The monoisotopic (exact) mass is 346 g/mol. The molecule has 0 spiro atoms. The average Bonchev–Trinajstić information content (AvgIpc) is 3.10. The van der Waals surface area contributed by atoms with Gasteiger partial charge in [0, 0.05) is 18.2 Å². The van der Waals surface area contributed by atoms with Crippen molar-refractivity contribution < 1.29 is 4.74 Å². The van der Waals surface area contributed by atoms with Gasteiger partial charge in [-0.05, 0) is 32.6 Å². The summed E-state index contributed by atoms with van der Waals surface area (Å²) >= 11 is 0. The molecule has 2 aromatic heterocycles. The van der Waals surface area contributed by atoms with E-state index >= 15 is 0 Å². The lowest BCUT2D eigenvalue weighted by molar-refractivity contribution is 0.276. The van der Waals surface area contributed by atoms with Crippen LogP contribution in [0, 0.1) is 0 Å². The summed E-state index contributed by atoms with van der Waals surface area (Å²) in [4.78, 5) is 6.88. The molecule has 0 bridgehead atoms. The zero-order chi connectivity index (χ0) is 17.9. The van der Waals surface area contributed by atoms with Crippen molar-refractivity contribution in [2.75, 3.05) is 27.2 Å². The van der Waals surface area contributed by atoms with Crippen molar-refractivity contribution in [2.45, 2.75) is 6.42 Å². The van der Waals surface area contributed by atoms with Crippen molar-refractivity contribution in [3.8, 4) is 17.1 Å². The third-order valence-electron chi connectivity index (χ3n) is 4.33. The zero-order valence-electron chi connectivity index (χ0n) is 15.1. The summed E-state index contributed by atoms with van der Waals surface area (Å²) in [7, 11) is 4.13. The molecule has 0 aliphatic carbocycles. The van der Waals surface area contributed by atoms with Crippen molar-refractivity contribution in [1.29, 1.82) is 0 Å². The number of hydrogen-bond donors (Lipinski definition) is 0. The van der Waals surface area contributed by atoms with E-state index in [1.165, 1.54) is 0 Å². The first-order valence-electron chi connectivity index (χ1n) is 8.84. The minimum atomic E-state index is 0.644. The van der Waals surface area contributed by atoms with Gasteiger partial charge in [-0.3, -0.25) is 0 Å². The highest BCUT2D eigenvalue weighted by Crippen LogP contribution is 2.27. The lowest BCUT2D eigenvalue weighted by Gasteiger charge is -2.11. The maximum atomic E-state index is 6.01.